The van der Waals surface area contributed by atoms with E-state index in [1.54, 1.807) is 25.1 Å². The lowest BCUT2D eigenvalue weighted by molar-refractivity contribution is -0.383. The summed E-state index contributed by atoms with van der Waals surface area (Å²) in [7, 11) is 0. The van der Waals surface area contributed by atoms with Gasteiger partial charge in [0.05, 0.1) is 28.1 Å². The van der Waals surface area contributed by atoms with Crippen LogP contribution in [-0.2, 0) is 4.79 Å². The fourth-order valence-corrected chi connectivity index (χ4v) is 3.51. The molecule has 0 aliphatic carbocycles. The third-order valence-corrected chi connectivity index (χ3v) is 4.59. The van der Waals surface area contributed by atoms with E-state index in [0.717, 1.165) is 11.7 Å². The van der Waals surface area contributed by atoms with Crippen LogP contribution < -0.4 is 5.01 Å². The van der Waals surface area contributed by atoms with Gasteiger partial charge in [-0.1, -0.05) is 18.2 Å². The minimum atomic E-state index is -0.632. The van der Waals surface area contributed by atoms with Crippen molar-refractivity contribution in [2.75, 3.05) is 5.01 Å². The Hall–Kier alpha value is -3.20. The number of hydrazone groups is 1. The molecular weight excluding hydrogens is 342 g/mol. The van der Waals surface area contributed by atoms with Crippen molar-refractivity contribution in [3.63, 3.8) is 0 Å². The number of hydrogen-bond donors (Lipinski definition) is 0. The maximum atomic E-state index is 12.9. The quantitative estimate of drug-likeness (QED) is 0.532. The van der Waals surface area contributed by atoms with Gasteiger partial charge in [0.1, 0.15) is 11.4 Å². The summed E-state index contributed by atoms with van der Waals surface area (Å²) in [4.78, 5) is 23.6. The first-order valence-corrected chi connectivity index (χ1v) is 8.14. The maximum Gasteiger partial charge on any atom is 0.298 e. The summed E-state index contributed by atoms with van der Waals surface area (Å²) in [6.07, 6.45) is 0. The van der Waals surface area contributed by atoms with Crippen LogP contribution in [0.4, 0.5) is 11.4 Å². The van der Waals surface area contributed by atoms with Gasteiger partial charge in [0.25, 0.3) is 11.6 Å². The van der Waals surface area contributed by atoms with Crippen molar-refractivity contribution < 1.29 is 9.72 Å². The van der Waals surface area contributed by atoms with Crippen LogP contribution in [0.5, 0.6) is 0 Å². The predicted molar refractivity (Wildman–Crippen MR) is 93.8 cm³/mol. The van der Waals surface area contributed by atoms with E-state index in [1.807, 2.05) is 18.2 Å². The lowest BCUT2D eigenvalue weighted by atomic mass is 9.93. The molecule has 1 aliphatic rings. The number of aromatic nitrogens is 2. The number of carbonyl (C=O) groups is 1. The highest BCUT2D eigenvalue weighted by Crippen LogP contribution is 2.36. The summed E-state index contributed by atoms with van der Waals surface area (Å²) in [5.74, 6) is -0.848. The number of rotatable bonds is 3. The molecule has 124 valence electrons. The molecule has 0 fully saturated rings. The zero-order valence-corrected chi connectivity index (χ0v) is 13.8. The van der Waals surface area contributed by atoms with Crippen LogP contribution in [0, 0.1) is 10.1 Å². The molecule has 1 atom stereocenters. The highest BCUT2D eigenvalue weighted by atomic mass is 32.1. The van der Waals surface area contributed by atoms with Crippen LogP contribution in [0.15, 0.2) is 47.6 Å². The minimum Gasteiger partial charge on any atom is -0.271 e. The predicted octanol–water partition coefficient (Wildman–Crippen LogP) is 3.11. The minimum absolute atomic E-state index is 0.118. The number of non-ortho nitro benzene ring substituents is 1. The molecule has 1 unspecified atom stereocenters. The Balaban J connectivity index is 1.81. The molecular formula is C16H11N5O3S. The first-order valence-electron chi connectivity index (χ1n) is 7.41. The zero-order valence-electron chi connectivity index (χ0n) is 13.0. The third kappa shape index (κ3) is 2.36. The standard InChI is InChI=1S/C16H11N5O3S/c1-9-13(16(22)20(17-9)10-5-3-2-4-6-10)11-7-8-12(21(23)24)15-14(11)18-25-19-15/h2-8,13H,1H3. The summed E-state index contributed by atoms with van der Waals surface area (Å²) in [5, 5.41) is 16.9. The van der Waals surface area contributed by atoms with Crippen molar-refractivity contribution in [3.8, 4) is 0 Å². The van der Waals surface area contributed by atoms with Crippen LogP contribution in [0.2, 0.25) is 0 Å². The molecule has 0 saturated heterocycles. The lowest BCUT2D eigenvalue weighted by Gasteiger charge is -2.14. The Morgan fingerprint density at radius 3 is 2.56 bits per heavy atom. The molecule has 8 nitrogen and oxygen atoms in total. The van der Waals surface area contributed by atoms with E-state index >= 15 is 0 Å². The number of anilines is 1. The number of nitro groups is 1. The highest BCUT2D eigenvalue weighted by Gasteiger charge is 2.38. The molecule has 4 rings (SSSR count). The second kappa shape index (κ2) is 5.71. The summed E-state index contributed by atoms with van der Waals surface area (Å²) in [6.45, 7) is 1.76. The van der Waals surface area contributed by atoms with E-state index in [9.17, 15) is 14.9 Å². The molecule has 0 N–H and O–H groups in total. The smallest absolute Gasteiger partial charge is 0.271 e. The number of carbonyl (C=O) groups excluding carboxylic acids is 1. The second-order valence-corrected chi connectivity index (χ2v) is 6.08. The van der Waals surface area contributed by atoms with E-state index < -0.39 is 10.8 Å². The van der Waals surface area contributed by atoms with E-state index in [-0.39, 0.29) is 17.1 Å². The summed E-state index contributed by atoms with van der Waals surface area (Å²) >= 11 is 0.888. The third-order valence-electron chi connectivity index (χ3n) is 4.07. The fraction of sp³-hybridized carbons (Fsp3) is 0.125. The number of hydrogen-bond acceptors (Lipinski definition) is 7. The Labute approximate surface area is 145 Å². The Morgan fingerprint density at radius 2 is 1.84 bits per heavy atom. The normalized spacial score (nSPS) is 17.2. The Bertz CT molecular complexity index is 1030. The monoisotopic (exact) mass is 353 g/mol. The van der Waals surface area contributed by atoms with Gasteiger partial charge in [0.15, 0.2) is 5.52 Å². The van der Waals surface area contributed by atoms with Gasteiger partial charge in [0, 0.05) is 6.07 Å². The Kier molecular flexibility index (Phi) is 3.50. The first kappa shape index (κ1) is 15.3. The van der Waals surface area contributed by atoms with Gasteiger partial charge in [-0.3, -0.25) is 14.9 Å². The SMILES string of the molecule is CC1=NN(c2ccccc2)C(=O)C1c1ccc([N+](=O)[O-])c2nsnc12. The summed E-state index contributed by atoms with van der Waals surface area (Å²) in [6, 6.07) is 12.0. The van der Waals surface area contributed by atoms with Crippen molar-refractivity contribution in [1.29, 1.82) is 0 Å². The molecule has 0 bridgehead atoms. The van der Waals surface area contributed by atoms with Crippen LogP contribution in [0.1, 0.15) is 18.4 Å². The number of para-hydroxylation sites is 1. The number of amides is 1. The van der Waals surface area contributed by atoms with Gasteiger partial charge in [-0.25, -0.2) is 0 Å². The van der Waals surface area contributed by atoms with Gasteiger partial charge in [-0.05, 0) is 30.7 Å². The topological polar surface area (TPSA) is 102 Å². The van der Waals surface area contributed by atoms with E-state index in [1.165, 1.54) is 11.1 Å². The summed E-state index contributed by atoms with van der Waals surface area (Å²) < 4.78 is 8.20. The fourth-order valence-electron chi connectivity index (χ4n) is 2.93. The maximum absolute atomic E-state index is 12.9. The second-order valence-electron chi connectivity index (χ2n) is 5.55. The van der Waals surface area contributed by atoms with E-state index in [0.29, 0.717) is 22.5 Å². The highest BCUT2D eigenvalue weighted by molar-refractivity contribution is 7.00. The number of benzene rings is 2. The van der Waals surface area contributed by atoms with Crippen LogP contribution >= 0.6 is 11.7 Å². The summed E-state index contributed by atoms with van der Waals surface area (Å²) in [5.41, 5.74) is 2.32. The molecule has 2 aromatic carbocycles. The molecule has 0 radical (unpaired) electrons. The van der Waals surface area contributed by atoms with Gasteiger partial charge in [-0.2, -0.15) is 18.9 Å². The van der Waals surface area contributed by atoms with Gasteiger partial charge in [0.2, 0.25) is 0 Å². The van der Waals surface area contributed by atoms with Crippen LogP contribution in [0.25, 0.3) is 11.0 Å². The molecule has 9 heteroatoms. The average Bonchev–Trinajstić information content (AvgIpc) is 3.20. The number of fused-ring (bicyclic) bond motifs is 1. The van der Waals surface area contributed by atoms with E-state index in [4.69, 9.17) is 0 Å². The van der Waals surface area contributed by atoms with Gasteiger partial charge in [-0.15, -0.1) is 0 Å². The largest absolute Gasteiger partial charge is 0.298 e. The first-order chi connectivity index (χ1) is 12.1. The van der Waals surface area contributed by atoms with E-state index in [2.05, 4.69) is 13.8 Å². The number of nitrogens with zero attached hydrogens (tertiary/aromatic N) is 5. The van der Waals surface area contributed by atoms with Crippen molar-refractivity contribution in [2.45, 2.75) is 12.8 Å². The van der Waals surface area contributed by atoms with Crippen molar-refractivity contribution in [3.05, 3.63) is 58.1 Å². The molecule has 1 aromatic heterocycles. The average molecular weight is 353 g/mol. The van der Waals surface area contributed by atoms with Gasteiger partial charge >= 0.3 is 0 Å². The van der Waals surface area contributed by atoms with Crippen molar-refractivity contribution >= 4 is 45.8 Å². The molecule has 25 heavy (non-hydrogen) atoms. The number of nitro benzene ring substituents is 1. The molecule has 1 aliphatic heterocycles. The zero-order chi connectivity index (χ0) is 17.6. The molecule has 0 spiro atoms. The Morgan fingerprint density at radius 1 is 1.12 bits per heavy atom. The van der Waals surface area contributed by atoms with Crippen molar-refractivity contribution in [1.82, 2.24) is 8.75 Å². The molecule has 1 amide bonds. The van der Waals surface area contributed by atoms with Crippen molar-refractivity contribution in [2.24, 2.45) is 5.10 Å². The molecule has 0 saturated carbocycles. The molecule has 2 heterocycles. The van der Waals surface area contributed by atoms with Gasteiger partial charge < -0.3 is 0 Å². The van der Waals surface area contributed by atoms with Crippen LogP contribution in [-0.4, -0.2) is 25.3 Å². The lowest BCUT2D eigenvalue weighted by Crippen LogP contribution is -2.25. The molecule has 3 aromatic rings. The van der Waals surface area contributed by atoms with Crippen LogP contribution in [0.3, 0.4) is 0 Å².